The van der Waals surface area contributed by atoms with Crippen LogP contribution in [0, 0.1) is 0 Å². The summed E-state index contributed by atoms with van der Waals surface area (Å²) in [5, 5.41) is 11.7. The summed E-state index contributed by atoms with van der Waals surface area (Å²) in [6.07, 6.45) is 5.00. The number of hydrogen-bond acceptors (Lipinski definition) is 4. The topological polar surface area (TPSA) is 75.0 Å². The predicted molar refractivity (Wildman–Crippen MR) is 104 cm³/mol. The summed E-state index contributed by atoms with van der Waals surface area (Å²) in [6.45, 7) is 1.46. The van der Waals surface area contributed by atoms with Gasteiger partial charge in [0.05, 0.1) is 5.69 Å². The van der Waals surface area contributed by atoms with Crippen molar-refractivity contribution in [1.29, 1.82) is 0 Å². The second-order valence-electron chi connectivity index (χ2n) is 7.94. The first-order valence-corrected chi connectivity index (χ1v) is 10.1. The zero-order valence-electron chi connectivity index (χ0n) is 15.8. The van der Waals surface area contributed by atoms with Gasteiger partial charge in [-0.3, -0.25) is 9.89 Å². The van der Waals surface area contributed by atoms with Gasteiger partial charge >= 0.3 is 0 Å². The summed E-state index contributed by atoms with van der Waals surface area (Å²) >= 11 is 0. The Labute approximate surface area is 163 Å². The molecule has 1 aliphatic heterocycles. The monoisotopic (exact) mass is 376 g/mol. The molecular formula is C22H24N4O2. The Morgan fingerprint density at radius 1 is 1.07 bits per heavy atom. The largest absolute Gasteiger partial charge is 0.360 e. The standard InChI is InChI=1S/C22H24N4O2/c27-22(20-14-21(28-25-20)17-6-7-17)26-10-8-16(9-11-26)19-13-18(23-24-19)12-15-4-2-1-3-5-15/h1-5,13-14,16-17H,6-12H2,(H,23,24). The minimum atomic E-state index is -0.0131. The van der Waals surface area contributed by atoms with Crippen molar-refractivity contribution in [1.82, 2.24) is 20.3 Å². The predicted octanol–water partition coefficient (Wildman–Crippen LogP) is 3.89. The lowest BCUT2D eigenvalue weighted by Crippen LogP contribution is -2.38. The number of rotatable bonds is 5. The van der Waals surface area contributed by atoms with Gasteiger partial charge in [0.2, 0.25) is 0 Å². The molecule has 1 aliphatic carbocycles. The first-order chi connectivity index (χ1) is 13.8. The SMILES string of the molecule is O=C(c1cc(C2CC2)on1)N1CCC(c2cc(Cc3ccccc3)[nH]n2)CC1. The van der Waals surface area contributed by atoms with E-state index in [1.165, 1.54) is 5.56 Å². The number of amides is 1. The van der Waals surface area contributed by atoms with Crippen molar-refractivity contribution >= 4 is 5.91 Å². The van der Waals surface area contributed by atoms with Gasteiger partial charge in [0.1, 0.15) is 5.76 Å². The van der Waals surface area contributed by atoms with Gasteiger partial charge in [0.15, 0.2) is 5.69 Å². The first-order valence-electron chi connectivity index (χ1n) is 10.1. The third-order valence-corrected chi connectivity index (χ3v) is 5.82. The van der Waals surface area contributed by atoms with Gasteiger partial charge in [-0.05, 0) is 37.3 Å². The van der Waals surface area contributed by atoms with Crippen LogP contribution >= 0.6 is 0 Å². The number of carbonyl (C=O) groups is 1. The van der Waals surface area contributed by atoms with Crippen LogP contribution in [0.2, 0.25) is 0 Å². The summed E-state index contributed by atoms with van der Waals surface area (Å²) in [5.41, 5.74) is 3.96. The molecular weight excluding hydrogens is 352 g/mol. The maximum atomic E-state index is 12.7. The Bertz CT molecular complexity index is 950. The van der Waals surface area contributed by atoms with Crippen molar-refractivity contribution in [2.45, 2.75) is 43.9 Å². The second kappa shape index (κ2) is 7.26. The van der Waals surface area contributed by atoms with Crippen LogP contribution in [0.4, 0.5) is 0 Å². The molecule has 6 nitrogen and oxygen atoms in total. The molecule has 6 heteroatoms. The number of H-pyrrole nitrogens is 1. The van der Waals surface area contributed by atoms with Crippen molar-refractivity contribution in [3.05, 3.63) is 70.9 Å². The Morgan fingerprint density at radius 3 is 2.61 bits per heavy atom. The van der Waals surface area contributed by atoms with Crippen LogP contribution in [-0.4, -0.2) is 39.3 Å². The fraction of sp³-hybridized carbons (Fsp3) is 0.409. The van der Waals surface area contributed by atoms with E-state index in [-0.39, 0.29) is 5.91 Å². The van der Waals surface area contributed by atoms with Gasteiger partial charge < -0.3 is 9.42 Å². The molecule has 3 aromatic rings. The highest BCUT2D eigenvalue weighted by Gasteiger charge is 2.31. The van der Waals surface area contributed by atoms with Crippen molar-refractivity contribution < 1.29 is 9.32 Å². The third-order valence-electron chi connectivity index (χ3n) is 5.82. The van der Waals surface area contributed by atoms with E-state index < -0.39 is 0 Å². The van der Waals surface area contributed by atoms with Crippen molar-refractivity contribution in [2.24, 2.45) is 0 Å². The average Bonchev–Trinajstić information content (AvgIpc) is 3.28. The number of piperidine rings is 1. The van der Waals surface area contributed by atoms with Gasteiger partial charge in [-0.25, -0.2) is 0 Å². The summed E-state index contributed by atoms with van der Waals surface area (Å²) in [4.78, 5) is 14.6. The van der Waals surface area contributed by atoms with E-state index in [2.05, 4.69) is 45.7 Å². The lowest BCUT2D eigenvalue weighted by atomic mass is 9.93. The van der Waals surface area contributed by atoms with Crippen LogP contribution in [0.5, 0.6) is 0 Å². The van der Waals surface area contributed by atoms with Crippen molar-refractivity contribution in [3.8, 4) is 0 Å². The Kier molecular flexibility index (Phi) is 4.47. The molecule has 1 saturated carbocycles. The highest BCUT2D eigenvalue weighted by Crippen LogP contribution is 2.40. The van der Waals surface area contributed by atoms with E-state index in [0.717, 1.165) is 62.3 Å². The number of likely N-dealkylation sites (tertiary alicyclic amines) is 1. The number of nitrogens with one attached hydrogen (secondary N) is 1. The van der Waals surface area contributed by atoms with Crippen molar-refractivity contribution in [3.63, 3.8) is 0 Å². The molecule has 1 amide bonds. The molecule has 0 bridgehead atoms. The van der Waals surface area contributed by atoms with Crippen molar-refractivity contribution in [2.75, 3.05) is 13.1 Å². The van der Waals surface area contributed by atoms with E-state index in [4.69, 9.17) is 4.52 Å². The molecule has 0 unspecified atom stereocenters. The number of aromatic amines is 1. The molecule has 2 aromatic heterocycles. The maximum absolute atomic E-state index is 12.7. The number of nitrogens with zero attached hydrogens (tertiary/aromatic N) is 3. The molecule has 2 fully saturated rings. The molecule has 5 rings (SSSR count). The van der Waals surface area contributed by atoms with Crippen LogP contribution in [-0.2, 0) is 6.42 Å². The van der Waals surface area contributed by atoms with Gasteiger partial charge in [0, 0.05) is 43.1 Å². The average molecular weight is 376 g/mol. The van der Waals surface area contributed by atoms with E-state index in [1.807, 2.05) is 17.0 Å². The highest BCUT2D eigenvalue weighted by atomic mass is 16.5. The minimum Gasteiger partial charge on any atom is -0.360 e. The number of carbonyl (C=O) groups excluding carboxylic acids is 1. The smallest absolute Gasteiger partial charge is 0.276 e. The Hall–Kier alpha value is -2.89. The molecule has 0 spiro atoms. The van der Waals surface area contributed by atoms with Crippen LogP contribution < -0.4 is 0 Å². The minimum absolute atomic E-state index is 0.0131. The summed E-state index contributed by atoms with van der Waals surface area (Å²) in [5.74, 6) is 1.72. The Balaban J connectivity index is 1.18. The maximum Gasteiger partial charge on any atom is 0.276 e. The summed E-state index contributed by atoms with van der Waals surface area (Å²) in [6, 6.07) is 14.4. The molecule has 1 saturated heterocycles. The van der Waals surface area contributed by atoms with Gasteiger partial charge in [0.25, 0.3) is 5.91 Å². The molecule has 0 atom stereocenters. The van der Waals surface area contributed by atoms with Gasteiger partial charge in [-0.15, -0.1) is 0 Å². The fourth-order valence-electron chi connectivity index (χ4n) is 3.99. The zero-order valence-corrected chi connectivity index (χ0v) is 15.8. The highest BCUT2D eigenvalue weighted by molar-refractivity contribution is 5.92. The van der Waals surface area contributed by atoms with Crippen LogP contribution in [0.1, 0.15) is 70.7 Å². The summed E-state index contributed by atoms with van der Waals surface area (Å²) < 4.78 is 5.33. The third kappa shape index (κ3) is 3.59. The van der Waals surface area contributed by atoms with E-state index in [0.29, 0.717) is 17.5 Å². The van der Waals surface area contributed by atoms with Crippen LogP contribution in [0.25, 0.3) is 0 Å². The number of benzene rings is 1. The van der Waals surface area contributed by atoms with Crippen LogP contribution in [0.15, 0.2) is 47.0 Å². The van der Waals surface area contributed by atoms with Gasteiger partial charge in [-0.1, -0.05) is 35.5 Å². The van der Waals surface area contributed by atoms with E-state index in [9.17, 15) is 4.79 Å². The first kappa shape index (κ1) is 17.2. The molecule has 1 aromatic carbocycles. The molecule has 1 N–H and O–H groups in total. The quantitative estimate of drug-likeness (QED) is 0.733. The number of hydrogen-bond donors (Lipinski definition) is 1. The summed E-state index contributed by atoms with van der Waals surface area (Å²) in [7, 11) is 0. The number of aromatic nitrogens is 3. The lowest BCUT2D eigenvalue weighted by Gasteiger charge is -2.30. The molecule has 0 radical (unpaired) electrons. The van der Waals surface area contributed by atoms with E-state index in [1.54, 1.807) is 0 Å². The Morgan fingerprint density at radius 2 is 1.86 bits per heavy atom. The molecule has 3 heterocycles. The lowest BCUT2D eigenvalue weighted by molar-refractivity contribution is 0.0701. The van der Waals surface area contributed by atoms with Gasteiger partial charge in [-0.2, -0.15) is 5.10 Å². The molecule has 2 aliphatic rings. The van der Waals surface area contributed by atoms with E-state index >= 15 is 0 Å². The fourth-order valence-corrected chi connectivity index (χ4v) is 3.99. The molecule has 144 valence electrons. The van der Waals surface area contributed by atoms with Crippen LogP contribution in [0.3, 0.4) is 0 Å². The zero-order chi connectivity index (χ0) is 18.9. The molecule has 28 heavy (non-hydrogen) atoms. The normalized spacial score (nSPS) is 17.8. The second-order valence-corrected chi connectivity index (χ2v) is 7.94.